The number of nitrogens with zero attached hydrogens (tertiary/aromatic N) is 2. The zero-order valence-corrected chi connectivity index (χ0v) is 20.0. The van der Waals surface area contributed by atoms with Crippen molar-refractivity contribution in [3.05, 3.63) is 90.0 Å². The van der Waals surface area contributed by atoms with Gasteiger partial charge < -0.3 is 15.0 Å². The molecule has 1 heterocycles. The number of sulfonamides is 1. The van der Waals surface area contributed by atoms with Gasteiger partial charge in [-0.15, -0.1) is 0 Å². The summed E-state index contributed by atoms with van der Waals surface area (Å²) in [5, 5.41) is 2.81. The maximum Gasteiger partial charge on any atom is 0.255 e. The molecule has 0 unspecified atom stereocenters. The van der Waals surface area contributed by atoms with Crippen molar-refractivity contribution in [3.63, 3.8) is 0 Å². The summed E-state index contributed by atoms with van der Waals surface area (Å²) in [7, 11) is -1.55. The summed E-state index contributed by atoms with van der Waals surface area (Å²) in [6, 6.07) is 23.4. The SMILES string of the molecule is CN1CCN(S(=O)(=O)c2ccc(NC(=O)c3ccc(OCCc4ccccc4)cc3)cc2)CC1. The molecular formula is C26H29N3O4S. The molecule has 0 atom stereocenters. The number of amides is 1. The Kier molecular flexibility index (Phi) is 7.62. The average Bonchev–Trinajstić information content (AvgIpc) is 2.86. The van der Waals surface area contributed by atoms with E-state index in [1.807, 2.05) is 25.2 Å². The third-order valence-electron chi connectivity index (χ3n) is 5.83. The Morgan fingerprint density at radius 2 is 1.53 bits per heavy atom. The number of hydrogen-bond acceptors (Lipinski definition) is 5. The quantitative estimate of drug-likeness (QED) is 0.535. The van der Waals surface area contributed by atoms with Crippen LogP contribution in [0.2, 0.25) is 0 Å². The molecule has 8 heteroatoms. The van der Waals surface area contributed by atoms with Crippen molar-refractivity contribution < 1.29 is 17.9 Å². The fourth-order valence-corrected chi connectivity index (χ4v) is 5.15. The number of hydrogen-bond donors (Lipinski definition) is 1. The molecule has 0 bridgehead atoms. The van der Waals surface area contributed by atoms with E-state index in [1.165, 1.54) is 22.0 Å². The summed E-state index contributed by atoms with van der Waals surface area (Å²) in [4.78, 5) is 14.9. The number of piperazine rings is 1. The summed E-state index contributed by atoms with van der Waals surface area (Å²) < 4.78 is 33.0. The summed E-state index contributed by atoms with van der Waals surface area (Å²) in [6.45, 7) is 2.93. The molecule has 1 N–H and O–H groups in total. The number of rotatable bonds is 8. The van der Waals surface area contributed by atoms with Crippen LogP contribution in [-0.4, -0.2) is 63.4 Å². The molecule has 0 aliphatic carbocycles. The van der Waals surface area contributed by atoms with Gasteiger partial charge in [0, 0.05) is 43.9 Å². The molecule has 1 fully saturated rings. The Morgan fingerprint density at radius 3 is 2.18 bits per heavy atom. The predicted octanol–water partition coefficient (Wildman–Crippen LogP) is 3.50. The largest absolute Gasteiger partial charge is 0.493 e. The maximum atomic E-state index is 12.8. The predicted molar refractivity (Wildman–Crippen MR) is 133 cm³/mol. The van der Waals surface area contributed by atoms with Crippen LogP contribution >= 0.6 is 0 Å². The van der Waals surface area contributed by atoms with Gasteiger partial charge in [-0.1, -0.05) is 30.3 Å². The molecule has 34 heavy (non-hydrogen) atoms. The van der Waals surface area contributed by atoms with Crippen LogP contribution in [0.1, 0.15) is 15.9 Å². The van der Waals surface area contributed by atoms with E-state index in [0.717, 1.165) is 6.42 Å². The van der Waals surface area contributed by atoms with E-state index >= 15 is 0 Å². The Labute approximate surface area is 201 Å². The normalized spacial score (nSPS) is 15.1. The van der Waals surface area contributed by atoms with Crippen molar-refractivity contribution >= 4 is 21.6 Å². The Hall–Kier alpha value is -3.20. The Balaban J connectivity index is 1.31. The molecule has 4 rings (SSSR count). The first kappa shape index (κ1) is 23.9. The number of carbonyl (C=O) groups is 1. The summed E-state index contributed by atoms with van der Waals surface area (Å²) in [5.41, 5.74) is 2.23. The highest BCUT2D eigenvalue weighted by molar-refractivity contribution is 7.89. The van der Waals surface area contributed by atoms with Gasteiger partial charge in [-0.3, -0.25) is 4.79 Å². The number of nitrogens with one attached hydrogen (secondary N) is 1. The van der Waals surface area contributed by atoms with E-state index in [4.69, 9.17) is 4.74 Å². The van der Waals surface area contributed by atoms with Crippen LogP contribution < -0.4 is 10.1 Å². The first-order chi connectivity index (χ1) is 16.4. The summed E-state index contributed by atoms with van der Waals surface area (Å²) in [6.07, 6.45) is 0.809. The van der Waals surface area contributed by atoms with Crippen LogP contribution in [0.15, 0.2) is 83.8 Å². The maximum absolute atomic E-state index is 12.8. The fraction of sp³-hybridized carbons (Fsp3) is 0.269. The van der Waals surface area contributed by atoms with Gasteiger partial charge in [0.05, 0.1) is 11.5 Å². The lowest BCUT2D eigenvalue weighted by molar-refractivity contribution is 0.102. The van der Waals surface area contributed by atoms with E-state index < -0.39 is 10.0 Å². The van der Waals surface area contributed by atoms with Crippen LogP contribution in [0.25, 0.3) is 0 Å². The summed E-state index contributed by atoms with van der Waals surface area (Å²) >= 11 is 0. The Bertz CT molecular complexity index is 1190. The van der Waals surface area contributed by atoms with E-state index in [-0.39, 0.29) is 10.8 Å². The van der Waals surface area contributed by atoms with E-state index in [9.17, 15) is 13.2 Å². The van der Waals surface area contributed by atoms with E-state index in [2.05, 4.69) is 22.3 Å². The number of likely N-dealkylation sites (N-methyl/N-ethyl adjacent to an activating group) is 1. The molecule has 3 aromatic rings. The van der Waals surface area contributed by atoms with E-state index in [0.29, 0.717) is 49.8 Å². The lowest BCUT2D eigenvalue weighted by atomic mass is 10.2. The van der Waals surface area contributed by atoms with Gasteiger partial charge in [0.2, 0.25) is 10.0 Å². The molecule has 1 amide bonds. The fourth-order valence-electron chi connectivity index (χ4n) is 3.72. The minimum Gasteiger partial charge on any atom is -0.493 e. The first-order valence-electron chi connectivity index (χ1n) is 11.3. The molecule has 1 aliphatic heterocycles. The van der Waals surface area contributed by atoms with E-state index in [1.54, 1.807) is 36.4 Å². The molecule has 7 nitrogen and oxygen atoms in total. The number of benzene rings is 3. The second-order valence-corrected chi connectivity index (χ2v) is 10.2. The van der Waals surface area contributed by atoms with Crippen molar-refractivity contribution in [2.75, 3.05) is 45.2 Å². The zero-order valence-electron chi connectivity index (χ0n) is 19.2. The minimum absolute atomic E-state index is 0.229. The summed E-state index contributed by atoms with van der Waals surface area (Å²) in [5.74, 6) is 0.427. The number of carbonyl (C=O) groups excluding carboxylic acids is 1. The third kappa shape index (κ3) is 6.02. The first-order valence-corrected chi connectivity index (χ1v) is 12.7. The van der Waals surface area contributed by atoms with Crippen molar-refractivity contribution in [3.8, 4) is 5.75 Å². The Morgan fingerprint density at radius 1 is 0.882 bits per heavy atom. The van der Waals surface area contributed by atoms with Crippen molar-refractivity contribution in [2.24, 2.45) is 0 Å². The second kappa shape index (κ2) is 10.8. The minimum atomic E-state index is -3.53. The highest BCUT2D eigenvalue weighted by atomic mass is 32.2. The molecule has 0 spiro atoms. The molecule has 0 aromatic heterocycles. The van der Waals surface area contributed by atoms with Gasteiger partial charge in [-0.2, -0.15) is 4.31 Å². The van der Waals surface area contributed by atoms with Crippen molar-refractivity contribution in [1.82, 2.24) is 9.21 Å². The van der Waals surface area contributed by atoms with Crippen LogP contribution in [-0.2, 0) is 16.4 Å². The van der Waals surface area contributed by atoms with Gasteiger partial charge >= 0.3 is 0 Å². The lowest BCUT2D eigenvalue weighted by Crippen LogP contribution is -2.46. The smallest absolute Gasteiger partial charge is 0.255 e. The van der Waals surface area contributed by atoms with Gasteiger partial charge in [0.25, 0.3) is 5.91 Å². The van der Waals surface area contributed by atoms with Gasteiger partial charge in [0.1, 0.15) is 5.75 Å². The second-order valence-electron chi connectivity index (χ2n) is 8.29. The molecular weight excluding hydrogens is 450 g/mol. The van der Waals surface area contributed by atoms with Gasteiger partial charge in [0.15, 0.2) is 0 Å². The van der Waals surface area contributed by atoms with Gasteiger partial charge in [-0.25, -0.2) is 8.42 Å². The molecule has 0 radical (unpaired) electrons. The standard InChI is InChI=1S/C26H29N3O4S/c1-28-16-18-29(19-17-28)34(31,32)25-13-9-23(10-14-25)27-26(30)22-7-11-24(12-8-22)33-20-15-21-5-3-2-4-6-21/h2-14H,15-20H2,1H3,(H,27,30). The average molecular weight is 480 g/mol. The highest BCUT2D eigenvalue weighted by Gasteiger charge is 2.27. The monoisotopic (exact) mass is 479 g/mol. The van der Waals surface area contributed by atoms with Gasteiger partial charge in [-0.05, 0) is 61.1 Å². The molecule has 178 valence electrons. The topological polar surface area (TPSA) is 79.0 Å². The highest BCUT2D eigenvalue weighted by Crippen LogP contribution is 2.20. The van der Waals surface area contributed by atoms with Crippen LogP contribution in [0.5, 0.6) is 5.75 Å². The molecule has 0 saturated carbocycles. The van der Waals surface area contributed by atoms with Crippen LogP contribution in [0, 0.1) is 0 Å². The van der Waals surface area contributed by atoms with Crippen molar-refractivity contribution in [2.45, 2.75) is 11.3 Å². The van der Waals surface area contributed by atoms with Crippen LogP contribution in [0.3, 0.4) is 0 Å². The lowest BCUT2D eigenvalue weighted by Gasteiger charge is -2.31. The van der Waals surface area contributed by atoms with Crippen molar-refractivity contribution in [1.29, 1.82) is 0 Å². The number of ether oxygens (including phenoxy) is 1. The zero-order chi connectivity index (χ0) is 24.0. The molecule has 3 aromatic carbocycles. The molecule has 1 aliphatic rings. The number of anilines is 1. The third-order valence-corrected chi connectivity index (χ3v) is 7.74. The molecule has 1 saturated heterocycles. The van der Waals surface area contributed by atoms with Crippen LogP contribution in [0.4, 0.5) is 5.69 Å².